The van der Waals surface area contributed by atoms with Gasteiger partial charge in [0.25, 0.3) is 0 Å². The van der Waals surface area contributed by atoms with Crippen LogP contribution in [0, 0.1) is 0 Å². The lowest BCUT2D eigenvalue weighted by Crippen LogP contribution is -2.02. The summed E-state index contributed by atoms with van der Waals surface area (Å²) < 4.78 is 0. The van der Waals surface area contributed by atoms with Gasteiger partial charge in [-0.1, -0.05) is 13.5 Å². The van der Waals surface area contributed by atoms with Crippen LogP contribution in [-0.4, -0.2) is 16.8 Å². The summed E-state index contributed by atoms with van der Waals surface area (Å²) in [5.41, 5.74) is 3.55. The Morgan fingerprint density at radius 1 is 1.60 bits per heavy atom. The molecule has 0 aromatic heterocycles. The minimum atomic E-state index is -0.840. The SMILES string of the molecule is C=C1CSc2cc(C(=O)O)c(CC)cc21. The van der Waals surface area contributed by atoms with Gasteiger partial charge in [0, 0.05) is 10.6 Å². The van der Waals surface area contributed by atoms with Gasteiger partial charge >= 0.3 is 5.97 Å². The lowest BCUT2D eigenvalue weighted by molar-refractivity contribution is 0.0695. The van der Waals surface area contributed by atoms with Crippen molar-refractivity contribution in [2.75, 3.05) is 5.75 Å². The number of aromatic carboxylic acids is 1. The number of fused-ring (bicyclic) bond motifs is 1. The van der Waals surface area contributed by atoms with Crippen molar-refractivity contribution in [1.29, 1.82) is 0 Å². The monoisotopic (exact) mass is 220 g/mol. The fourth-order valence-electron chi connectivity index (χ4n) is 1.75. The van der Waals surface area contributed by atoms with Gasteiger partial charge in [-0.05, 0) is 35.3 Å². The highest BCUT2D eigenvalue weighted by molar-refractivity contribution is 8.00. The van der Waals surface area contributed by atoms with Crippen LogP contribution in [0.4, 0.5) is 0 Å². The first kappa shape index (κ1) is 10.3. The third kappa shape index (κ3) is 1.67. The van der Waals surface area contributed by atoms with E-state index in [0.29, 0.717) is 5.56 Å². The summed E-state index contributed by atoms with van der Waals surface area (Å²) in [4.78, 5) is 12.1. The molecule has 0 fully saturated rings. The Morgan fingerprint density at radius 2 is 2.33 bits per heavy atom. The van der Waals surface area contributed by atoms with Gasteiger partial charge in [-0.3, -0.25) is 0 Å². The number of benzene rings is 1. The fourth-order valence-corrected chi connectivity index (χ4v) is 2.80. The molecule has 0 amide bonds. The molecule has 1 aliphatic heterocycles. The summed E-state index contributed by atoms with van der Waals surface area (Å²) in [5, 5.41) is 9.06. The number of carboxylic acids is 1. The second kappa shape index (κ2) is 3.74. The summed E-state index contributed by atoms with van der Waals surface area (Å²) in [6, 6.07) is 3.75. The number of hydrogen-bond acceptors (Lipinski definition) is 2. The molecule has 0 unspecified atom stereocenters. The highest BCUT2D eigenvalue weighted by Crippen LogP contribution is 2.39. The van der Waals surface area contributed by atoms with Crippen LogP contribution < -0.4 is 0 Å². The third-order valence-electron chi connectivity index (χ3n) is 2.60. The number of aryl methyl sites for hydroxylation is 1. The maximum atomic E-state index is 11.0. The summed E-state index contributed by atoms with van der Waals surface area (Å²) in [6.45, 7) is 5.95. The number of rotatable bonds is 2. The molecule has 1 aliphatic rings. The predicted molar refractivity (Wildman–Crippen MR) is 62.5 cm³/mol. The van der Waals surface area contributed by atoms with E-state index in [4.69, 9.17) is 5.11 Å². The normalized spacial score (nSPS) is 14.1. The Morgan fingerprint density at radius 3 is 2.93 bits per heavy atom. The van der Waals surface area contributed by atoms with E-state index in [1.54, 1.807) is 17.8 Å². The van der Waals surface area contributed by atoms with Gasteiger partial charge in [-0.15, -0.1) is 11.8 Å². The molecule has 1 aromatic carbocycles. The van der Waals surface area contributed by atoms with Crippen LogP contribution in [0.1, 0.15) is 28.4 Å². The summed E-state index contributed by atoms with van der Waals surface area (Å²) in [7, 11) is 0. The molecule has 2 rings (SSSR count). The molecule has 0 atom stereocenters. The van der Waals surface area contributed by atoms with Crippen molar-refractivity contribution in [3.8, 4) is 0 Å². The van der Waals surface area contributed by atoms with Crippen LogP contribution in [0.5, 0.6) is 0 Å². The molecular formula is C12H12O2S. The van der Waals surface area contributed by atoms with E-state index in [-0.39, 0.29) is 0 Å². The molecule has 0 saturated carbocycles. The first-order valence-electron chi connectivity index (χ1n) is 4.84. The van der Waals surface area contributed by atoms with Crippen molar-refractivity contribution in [3.05, 3.63) is 35.4 Å². The van der Waals surface area contributed by atoms with Crippen LogP contribution in [0.2, 0.25) is 0 Å². The number of carbonyl (C=O) groups is 1. The summed E-state index contributed by atoms with van der Waals surface area (Å²) in [6.07, 6.45) is 0.743. The van der Waals surface area contributed by atoms with Crippen LogP contribution in [0.15, 0.2) is 23.6 Å². The standard InChI is InChI=1S/C12H12O2S/c1-3-8-4-9-7(2)6-15-11(9)5-10(8)12(13)14/h4-5H,2-3,6H2,1H3,(H,13,14). The summed E-state index contributed by atoms with van der Waals surface area (Å²) in [5.74, 6) is 0.0365. The lowest BCUT2D eigenvalue weighted by atomic mass is 9.99. The zero-order chi connectivity index (χ0) is 11.0. The van der Waals surface area contributed by atoms with Crippen molar-refractivity contribution in [1.82, 2.24) is 0 Å². The Balaban J connectivity index is 2.61. The molecule has 0 bridgehead atoms. The molecule has 2 nitrogen and oxygen atoms in total. The minimum Gasteiger partial charge on any atom is -0.478 e. The van der Waals surface area contributed by atoms with E-state index in [9.17, 15) is 4.79 Å². The topological polar surface area (TPSA) is 37.3 Å². The van der Waals surface area contributed by atoms with E-state index in [1.165, 1.54) is 0 Å². The maximum absolute atomic E-state index is 11.0. The summed E-state index contributed by atoms with van der Waals surface area (Å²) >= 11 is 1.66. The van der Waals surface area contributed by atoms with Crippen molar-refractivity contribution in [2.45, 2.75) is 18.2 Å². The van der Waals surface area contributed by atoms with E-state index >= 15 is 0 Å². The Labute approximate surface area is 93.0 Å². The number of thioether (sulfide) groups is 1. The quantitative estimate of drug-likeness (QED) is 0.832. The molecule has 0 radical (unpaired) electrons. The molecule has 0 spiro atoms. The van der Waals surface area contributed by atoms with E-state index in [0.717, 1.165) is 33.8 Å². The first-order chi connectivity index (χ1) is 7.13. The predicted octanol–water partition coefficient (Wildman–Crippen LogP) is 3.07. The average Bonchev–Trinajstić information content (AvgIpc) is 2.58. The zero-order valence-electron chi connectivity index (χ0n) is 8.54. The van der Waals surface area contributed by atoms with E-state index < -0.39 is 5.97 Å². The number of hydrogen-bond donors (Lipinski definition) is 1. The zero-order valence-corrected chi connectivity index (χ0v) is 9.36. The van der Waals surface area contributed by atoms with Crippen molar-refractivity contribution >= 4 is 23.3 Å². The first-order valence-corrected chi connectivity index (χ1v) is 5.83. The highest BCUT2D eigenvalue weighted by atomic mass is 32.2. The van der Waals surface area contributed by atoms with Crippen molar-refractivity contribution in [3.63, 3.8) is 0 Å². The van der Waals surface area contributed by atoms with Gasteiger partial charge in [0.1, 0.15) is 0 Å². The molecule has 1 N–H and O–H groups in total. The van der Waals surface area contributed by atoms with Gasteiger partial charge in [0.2, 0.25) is 0 Å². The van der Waals surface area contributed by atoms with Gasteiger partial charge < -0.3 is 5.11 Å². The molecule has 0 saturated heterocycles. The Bertz CT molecular complexity index is 449. The van der Waals surface area contributed by atoms with Crippen LogP contribution in [-0.2, 0) is 6.42 Å². The highest BCUT2D eigenvalue weighted by Gasteiger charge is 2.19. The molecule has 1 aromatic rings. The second-order valence-corrected chi connectivity index (χ2v) is 4.57. The van der Waals surface area contributed by atoms with Crippen LogP contribution in [0.25, 0.3) is 5.57 Å². The lowest BCUT2D eigenvalue weighted by Gasteiger charge is -2.07. The number of carboxylic acid groups (broad SMARTS) is 1. The minimum absolute atomic E-state index is 0.429. The smallest absolute Gasteiger partial charge is 0.336 e. The average molecular weight is 220 g/mol. The van der Waals surface area contributed by atoms with Crippen molar-refractivity contribution in [2.24, 2.45) is 0 Å². The molecule has 78 valence electrons. The van der Waals surface area contributed by atoms with Crippen molar-refractivity contribution < 1.29 is 9.90 Å². The Kier molecular flexibility index (Phi) is 2.57. The third-order valence-corrected chi connectivity index (χ3v) is 3.74. The molecule has 0 aliphatic carbocycles. The van der Waals surface area contributed by atoms with Gasteiger partial charge in [0.15, 0.2) is 0 Å². The molecular weight excluding hydrogens is 208 g/mol. The van der Waals surface area contributed by atoms with Gasteiger partial charge in [-0.2, -0.15) is 0 Å². The molecule has 3 heteroatoms. The molecule has 1 heterocycles. The van der Waals surface area contributed by atoms with E-state index in [2.05, 4.69) is 6.58 Å². The maximum Gasteiger partial charge on any atom is 0.336 e. The van der Waals surface area contributed by atoms with Crippen LogP contribution >= 0.6 is 11.8 Å². The van der Waals surface area contributed by atoms with Crippen LogP contribution in [0.3, 0.4) is 0 Å². The van der Waals surface area contributed by atoms with Gasteiger partial charge in [0.05, 0.1) is 5.56 Å². The molecule has 15 heavy (non-hydrogen) atoms. The van der Waals surface area contributed by atoms with E-state index in [1.807, 2.05) is 13.0 Å². The Hall–Kier alpha value is -1.22. The fraction of sp³-hybridized carbons (Fsp3) is 0.250. The largest absolute Gasteiger partial charge is 0.478 e. The van der Waals surface area contributed by atoms with Gasteiger partial charge in [-0.25, -0.2) is 4.79 Å². The second-order valence-electron chi connectivity index (χ2n) is 3.56.